The van der Waals surface area contributed by atoms with E-state index >= 15 is 0 Å². The summed E-state index contributed by atoms with van der Waals surface area (Å²) in [6.07, 6.45) is -4.89. The van der Waals surface area contributed by atoms with E-state index in [2.05, 4.69) is 26.6 Å². The Kier molecular flexibility index (Phi) is 29.5. The van der Waals surface area contributed by atoms with Crippen molar-refractivity contribution in [3.8, 4) is 0 Å². The van der Waals surface area contributed by atoms with Crippen LogP contribution < -0.4 is 55.3 Å². The van der Waals surface area contributed by atoms with Crippen LogP contribution in [0.4, 0.5) is 0 Å². The molecule has 0 aromatic carbocycles. The van der Waals surface area contributed by atoms with E-state index in [1.165, 1.54) is 0 Å². The lowest BCUT2D eigenvalue weighted by atomic mass is 9.94. The van der Waals surface area contributed by atoms with Crippen molar-refractivity contribution in [1.29, 1.82) is 0 Å². The van der Waals surface area contributed by atoms with E-state index in [-0.39, 0.29) is 27.0 Å². The third-order valence-corrected chi connectivity index (χ3v) is 25.3. The molecule has 0 saturated carbocycles. The van der Waals surface area contributed by atoms with Gasteiger partial charge in [-0.3, -0.25) is 50.6 Å². The second kappa shape index (κ2) is 34.8. The number of carbonyl (C=O) groups is 10. The topological polar surface area (TPSA) is 469 Å². The molecule has 15 heterocycles. The smallest absolute Gasteiger partial charge is 0.332 e. The highest BCUT2D eigenvalue weighted by Crippen LogP contribution is 2.55. The predicted octanol–water partition coefficient (Wildman–Crippen LogP) is 1.54. The van der Waals surface area contributed by atoms with E-state index in [0.717, 1.165) is 32.1 Å². The van der Waals surface area contributed by atoms with Crippen molar-refractivity contribution in [1.82, 2.24) is 51.1 Å². The average Bonchev–Trinajstić information content (AvgIpc) is 1.59. The van der Waals surface area contributed by atoms with Crippen LogP contribution in [-0.2, 0) is 95.3 Å². The van der Waals surface area contributed by atoms with Gasteiger partial charge in [0.15, 0.2) is 27.7 Å². The molecule has 35 nitrogen and oxygen atoms in total. The van der Waals surface area contributed by atoms with Crippen LogP contribution in [0.3, 0.4) is 0 Å². The molecule has 15 N–H and O–H groups in total. The van der Waals surface area contributed by atoms with Gasteiger partial charge in [-0.15, -0.1) is 0 Å². The maximum Gasteiger partial charge on any atom is 0.332 e. The number of carbonyl (C=O) groups excluding carboxylic acids is 10. The SMILES string of the molecule is CC1OC(C23CCCN2C(C(Cl)(Cl)Cl)OC3=O)NC1C(N)=O.CC1OC([C@]23CCCN2C(C(Cl)(Cl)Cl)OC3=O)NC1C(N)=O.CC1OC([C@]23CCCN2C(C(Cl)(Cl)Cl)OC3=O)N[C@@H]1C(N)=O.C[C@H]1OC([C@]23CCCN2C(C(Cl)(Cl)Cl)OC3=O)N[C@@H]1C(N)=O.C[C@H]1O[C@@H]([C@]23CCCN2[C@H](C(Cl)(Cl)Cl)OC3=O)N[C@@H]1C(N)=O.S.S. The summed E-state index contributed by atoms with van der Waals surface area (Å²) < 4.78 is 46.5. The second-order valence-corrected chi connectivity index (χ2v) is 40.8. The first kappa shape index (κ1) is 95.0. The van der Waals surface area contributed by atoms with Crippen LogP contribution in [0.2, 0.25) is 0 Å². The standard InChI is InChI=1S/5C12H16Cl3N3O4.2H2S/c5*1-5-6(7(16)19)17-8(21-5)11-3-2-4-18(11)9(12(13,14)15)22-10(11)20;;/h5*5-6,8-9,17H,2-4H2,1H3,(H2,16,19);2*1H2/t5?,6?,8?,9?,11-;5?,6-,8?,9?,11-;5-,6+,8?,9?,11+;5-,6+,8+,9+,11+;;;/m0011.../s1. The van der Waals surface area contributed by atoms with Gasteiger partial charge in [-0.2, -0.15) is 27.0 Å². The number of hydrogen-bond donors (Lipinski definition) is 10. The Morgan fingerprint density at radius 1 is 0.304 bits per heavy atom. The van der Waals surface area contributed by atoms with Crippen LogP contribution in [0.5, 0.6) is 0 Å². The average molecular weight is 1930 g/mol. The number of fused-ring (bicyclic) bond motifs is 5. The molecule has 0 aliphatic carbocycles. The van der Waals surface area contributed by atoms with E-state index in [1.54, 1.807) is 59.1 Å². The van der Waals surface area contributed by atoms with Crippen molar-refractivity contribution in [3.05, 3.63) is 0 Å². The summed E-state index contributed by atoms with van der Waals surface area (Å²) in [7, 11) is 0. The number of rotatable bonds is 10. The highest BCUT2D eigenvalue weighted by atomic mass is 35.6. The van der Waals surface area contributed by atoms with Crippen LogP contribution >= 0.6 is 201 Å². The first-order chi connectivity index (χ1) is 50.9. The summed E-state index contributed by atoms with van der Waals surface area (Å²) in [4.78, 5) is 128. The Hall–Kier alpha value is -0.850. The van der Waals surface area contributed by atoms with E-state index in [1.807, 2.05) is 0 Å². The number of primary amides is 5. The fourth-order valence-corrected chi connectivity index (χ4v) is 19.9. The van der Waals surface area contributed by atoms with Crippen LogP contribution in [-0.4, -0.2) is 286 Å². The molecule has 15 aliphatic rings. The quantitative estimate of drug-likeness (QED) is 0.0842. The van der Waals surface area contributed by atoms with Gasteiger partial charge in [-0.05, 0) is 98.8 Å². The van der Waals surface area contributed by atoms with Crippen LogP contribution in [0.25, 0.3) is 0 Å². The Labute approximate surface area is 730 Å². The Bertz CT molecular complexity index is 3110. The van der Waals surface area contributed by atoms with Crippen molar-refractivity contribution in [2.75, 3.05) is 32.7 Å². The highest BCUT2D eigenvalue weighted by molar-refractivity contribution is 7.59. The largest absolute Gasteiger partial charge is 0.440 e. The molecule has 636 valence electrons. The van der Waals surface area contributed by atoms with Crippen molar-refractivity contribution in [2.24, 2.45) is 28.7 Å². The number of alkyl halides is 15. The Morgan fingerprint density at radius 2 is 0.438 bits per heavy atom. The van der Waals surface area contributed by atoms with Crippen molar-refractivity contribution < 1.29 is 95.3 Å². The van der Waals surface area contributed by atoms with E-state index in [4.69, 9.17) is 250 Å². The van der Waals surface area contributed by atoms with Crippen molar-refractivity contribution >= 4 is 260 Å². The zero-order valence-electron chi connectivity index (χ0n) is 59.6. The van der Waals surface area contributed by atoms with Gasteiger partial charge < -0.3 is 76.0 Å². The molecule has 52 heteroatoms. The molecule has 112 heavy (non-hydrogen) atoms. The van der Waals surface area contributed by atoms with Gasteiger partial charge in [0.1, 0.15) is 61.3 Å². The summed E-state index contributed by atoms with van der Waals surface area (Å²) in [6, 6.07) is -3.40. The summed E-state index contributed by atoms with van der Waals surface area (Å²) in [5, 5.41) is 14.9. The number of cyclic esters (lactones) is 5. The van der Waals surface area contributed by atoms with Gasteiger partial charge in [0.05, 0.1) is 30.5 Å². The Balaban J connectivity index is 0.000000160. The molecule has 25 atom stereocenters. The number of amides is 5. The molecule has 0 spiro atoms. The number of nitrogens with zero attached hydrogens (tertiary/aromatic N) is 5. The summed E-state index contributed by atoms with van der Waals surface area (Å²) >= 11 is 88.9. The summed E-state index contributed by atoms with van der Waals surface area (Å²) in [5.41, 5.74) is 21.2. The van der Waals surface area contributed by atoms with Gasteiger partial charge >= 0.3 is 29.8 Å². The van der Waals surface area contributed by atoms with Crippen LogP contribution in [0.1, 0.15) is 98.8 Å². The number of nitrogens with two attached hydrogens (primary N) is 5. The van der Waals surface area contributed by atoms with Gasteiger partial charge in [0.25, 0.3) is 0 Å². The number of hydrogen-bond acceptors (Lipinski definition) is 30. The minimum Gasteiger partial charge on any atom is -0.440 e. The molecule has 15 rings (SSSR count). The zero-order chi connectivity index (χ0) is 81.4. The molecule has 15 saturated heterocycles. The number of halogens is 15. The third-order valence-electron chi connectivity index (χ3n) is 22.5. The summed E-state index contributed by atoms with van der Waals surface area (Å²) in [6.45, 7) is 11.2. The molecule has 0 bridgehead atoms. The third kappa shape index (κ3) is 17.0. The van der Waals surface area contributed by atoms with Crippen molar-refractivity contribution in [2.45, 2.75) is 268 Å². The first-order valence-corrected chi connectivity index (χ1v) is 40.3. The normalized spacial score (nSPS) is 41.7. The molecular formula is C60H84Cl15N15O20S2. The second-order valence-electron chi connectivity index (χ2n) is 28.9. The predicted molar refractivity (Wildman–Crippen MR) is 417 cm³/mol. The minimum absolute atomic E-state index is 0. The zero-order valence-corrected chi connectivity index (χ0v) is 72.9. The monoisotopic (exact) mass is 1920 g/mol. The lowest BCUT2D eigenvalue weighted by molar-refractivity contribution is -0.151. The lowest BCUT2D eigenvalue weighted by Gasteiger charge is -2.35. The summed E-state index contributed by atoms with van der Waals surface area (Å²) in [5.74, 6) is -5.29. The van der Waals surface area contributed by atoms with E-state index in [9.17, 15) is 47.9 Å². The molecule has 0 aromatic heterocycles. The minimum atomic E-state index is -1.77. The van der Waals surface area contributed by atoms with Gasteiger partial charge in [0.2, 0.25) is 79.6 Å². The fraction of sp³-hybridized carbons (Fsp3) is 0.833. The highest BCUT2D eigenvalue weighted by Gasteiger charge is 2.74. The van der Waals surface area contributed by atoms with Crippen LogP contribution in [0.15, 0.2) is 0 Å². The fourth-order valence-electron chi connectivity index (χ4n) is 17.5. The Morgan fingerprint density at radius 3 is 0.545 bits per heavy atom. The van der Waals surface area contributed by atoms with E-state index in [0.29, 0.717) is 64.8 Å². The molecular weight excluding hydrogens is 1850 g/mol. The number of ether oxygens (including phenoxy) is 10. The molecule has 15 aliphatic heterocycles. The number of nitrogens with one attached hydrogen (secondary N) is 5. The molecule has 14 unspecified atom stereocenters. The molecule has 0 aromatic rings. The van der Waals surface area contributed by atoms with Crippen molar-refractivity contribution in [3.63, 3.8) is 0 Å². The lowest BCUT2D eigenvalue weighted by Crippen LogP contribution is -2.61. The van der Waals surface area contributed by atoms with Gasteiger partial charge in [-0.1, -0.05) is 174 Å². The number of esters is 5. The van der Waals surface area contributed by atoms with Crippen LogP contribution in [0, 0.1) is 0 Å². The maximum atomic E-state index is 12.5. The molecule has 5 amide bonds. The first-order valence-electron chi connectivity index (χ1n) is 34.7. The van der Waals surface area contributed by atoms with Gasteiger partial charge in [0, 0.05) is 32.7 Å². The van der Waals surface area contributed by atoms with E-state index < -0.39 is 229 Å². The van der Waals surface area contributed by atoms with Gasteiger partial charge in [-0.25, -0.2) is 48.5 Å². The molecule has 15 fully saturated rings. The molecule has 0 radical (unpaired) electrons. The maximum absolute atomic E-state index is 12.5.